The van der Waals surface area contributed by atoms with Gasteiger partial charge >= 0.3 is 0 Å². The zero-order chi connectivity index (χ0) is 11.6. The van der Waals surface area contributed by atoms with E-state index in [0.717, 1.165) is 6.42 Å². The minimum Gasteiger partial charge on any atom is -0.298 e. The molecule has 2 rings (SSSR count). The molecule has 6 heteroatoms. The van der Waals surface area contributed by atoms with Crippen molar-refractivity contribution in [3.8, 4) is 0 Å². The van der Waals surface area contributed by atoms with Crippen LogP contribution in [-0.2, 0) is 21.1 Å². The molecule has 1 unspecified atom stereocenters. The molecule has 0 aromatic carbocycles. The second kappa shape index (κ2) is 4.63. The van der Waals surface area contributed by atoms with Crippen LogP contribution >= 0.6 is 11.3 Å². The van der Waals surface area contributed by atoms with Gasteiger partial charge in [-0.25, -0.2) is 13.4 Å². The molecule has 88 valence electrons. The summed E-state index contributed by atoms with van der Waals surface area (Å²) < 4.78 is 23.4. The molecule has 1 saturated heterocycles. The number of rotatable bonds is 3. The molecule has 4 nitrogen and oxygen atoms in total. The van der Waals surface area contributed by atoms with Crippen molar-refractivity contribution in [2.75, 3.05) is 5.75 Å². The first-order valence-corrected chi connectivity index (χ1v) is 7.82. The van der Waals surface area contributed by atoms with Crippen LogP contribution in [0.1, 0.15) is 24.3 Å². The van der Waals surface area contributed by atoms with Crippen molar-refractivity contribution in [2.45, 2.75) is 30.9 Å². The molecule has 1 aliphatic rings. The summed E-state index contributed by atoms with van der Waals surface area (Å²) in [4.78, 5) is 15.9. The number of hydrogen-bond acceptors (Lipinski definition) is 5. The fourth-order valence-electron chi connectivity index (χ4n) is 1.92. The van der Waals surface area contributed by atoms with Crippen LogP contribution in [0, 0.1) is 0 Å². The minimum absolute atomic E-state index is 0.154. The number of nitrogens with zero attached hydrogens (tertiary/aromatic N) is 1. The molecule has 0 amide bonds. The van der Waals surface area contributed by atoms with Gasteiger partial charge in [-0.1, -0.05) is 6.42 Å². The van der Waals surface area contributed by atoms with Crippen molar-refractivity contribution < 1.29 is 13.2 Å². The Bertz CT molecular complexity index is 464. The van der Waals surface area contributed by atoms with E-state index in [2.05, 4.69) is 4.98 Å². The van der Waals surface area contributed by atoms with Crippen molar-refractivity contribution in [3.05, 3.63) is 16.6 Å². The Kier molecular flexibility index (Phi) is 3.39. The Labute approximate surface area is 98.6 Å². The van der Waals surface area contributed by atoms with Gasteiger partial charge in [0, 0.05) is 11.6 Å². The molecule has 1 aliphatic heterocycles. The van der Waals surface area contributed by atoms with Gasteiger partial charge in [0.2, 0.25) is 0 Å². The van der Waals surface area contributed by atoms with Crippen molar-refractivity contribution in [1.29, 1.82) is 0 Å². The van der Waals surface area contributed by atoms with Gasteiger partial charge in [0.1, 0.15) is 5.25 Å². The van der Waals surface area contributed by atoms with E-state index in [-0.39, 0.29) is 18.0 Å². The molecule has 0 spiro atoms. The van der Waals surface area contributed by atoms with Crippen LogP contribution in [0.2, 0.25) is 0 Å². The Morgan fingerprint density at radius 1 is 1.50 bits per heavy atom. The summed E-state index contributed by atoms with van der Waals surface area (Å²) in [6.07, 6.45) is 3.77. The highest BCUT2D eigenvalue weighted by Crippen LogP contribution is 2.21. The molecule has 2 heterocycles. The highest BCUT2D eigenvalue weighted by atomic mass is 32.2. The van der Waals surface area contributed by atoms with E-state index in [4.69, 9.17) is 0 Å². The van der Waals surface area contributed by atoms with Gasteiger partial charge in [-0.05, 0) is 12.8 Å². The number of hydrogen-bond donors (Lipinski definition) is 0. The lowest BCUT2D eigenvalue weighted by molar-refractivity contribution is -0.118. The number of ketones is 1. The molecule has 1 atom stereocenters. The lowest BCUT2D eigenvalue weighted by atomic mass is 10.1. The quantitative estimate of drug-likeness (QED) is 0.818. The smallest absolute Gasteiger partial charge is 0.160 e. The molecule has 1 fully saturated rings. The average molecular weight is 259 g/mol. The maximum Gasteiger partial charge on any atom is 0.160 e. The van der Waals surface area contributed by atoms with Gasteiger partial charge in [0.25, 0.3) is 0 Å². The Balaban J connectivity index is 2.09. The van der Waals surface area contributed by atoms with Crippen molar-refractivity contribution in [2.24, 2.45) is 0 Å². The third kappa shape index (κ3) is 2.49. The highest BCUT2D eigenvalue weighted by Gasteiger charge is 2.34. The van der Waals surface area contributed by atoms with E-state index in [1.54, 1.807) is 11.6 Å². The van der Waals surface area contributed by atoms with E-state index in [9.17, 15) is 13.2 Å². The van der Waals surface area contributed by atoms with Crippen LogP contribution in [0.3, 0.4) is 0 Å². The molecule has 1 aromatic rings. The van der Waals surface area contributed by atoms with E-state index < -0.39 is 15.1 Å². The summed E-state index contributed by atoms with van der Waals surface area (Å²) in [5.41, 5.74) is 0. The topological polar surface area (TPSA) is 64.1 Å². The van der Waals surface area contributed by atoms with Crippen LogP contribution in [0.5, 0.6) is 0 Å². The second-order valence-electron chi connectivity index (χ2n) is 3.92. The zero-order valence-corrected chi connectivity index (χ0v) is 10.4. The molecule has 0 radical (unpaired) electrons. The second-order valence-corrected chi connectivity index (χ2v) is 7.20. The first-order chi connectivity index (χ1) is 7.59. The van der Waals surface area contributed by atoms with E-state index in [0.29, 0.717) is 17.8 Å². The number of sulfone groups is 1. The monoisotopic (exact) mass is 259 g/mol. The fraction of sp³-hybridized carbons (Fsp3) is 0.600. The number of aromatic nitrogens is 1. The van der Waals surface area contributed by atoms with Crippen molar-refractivity contribution in [3.63, 3.8) is 0 Å². The summed E-state index contributed by atoms with van der Waals surface area (Å²) in [5.74, 6) is -0.0454. The maximum atomic E-state index is 11.9. The molecule has 0 bridgehead atoms. The lowest BCUT2D eigenvalue weighted by Gasteiger charge is -2.20. The average Bonchev–Trinajstić information content (AvgIpc) is 2.69. The lowest BCUT2D eigenvalue weighted by Crippen LogP contribution is -2.36. The molecule has 0 saturated carbocycles. The SMILES string of the molecule is O=C(Cc1nccs1)C1CCCCS1(=O)=O. The fourth-order valence-corrected chi connectivity index (χ4v) is 4.45. The summed E-state index contributed by atoms with van der Waals surface area (Å²) in [6, 6.07) is 0. The van der Waals surface area contributed by atoms with Crippen molar-refractivity contribution >= 4 is 27.0 Å². The third-order valence-electron chi connectivity index (χ3n) is 2.75. The van der Waals surface area contributed by atoms with Gasteiger partial charge in [-0.2, -0.15) is 0 Å². The molecule has 0 N–H and O–H groups in total. The van der Waals surface area contributed by atoms with Crippen LogP contribution in [-0.4, -0.2) is 30.2 Å². The van der Waals surface area contributed by atoms with Gasteiger partial charge in [0.05, 0.1) is 17.2 Å². The summed E-state index contributed by atoms with van der Waals surface area (Å²) in [7, 11) is -3.20. The molecule has 1 aromatic heterocycles. The predicted molar refractivity (Wildman–Crippen MR) is 62.3 cm³/mol. The van der Waals surface area contributed by atoms with Gasteiger partial charge in [0.15, 0.2) is 15.6 Å². The van der Waals surface area contributed by atoms with Gasteiger partial charge in [-0.3, -0.25) is 4.79 Å². The summed E-state index contributed by atoms with van der Waals surface area (Å²) >= 11 is 1.39. The Morgan fingerprint density at radius 2 is 2.31 bits per heavy atom. The molecule has 0 aliphatic carbocycles. The van der Waals surface area contributed by atoms with Gasteiger partial charge < -0.3 is 0 Å². The number of Topliss-reactive ketones (excluding diaryl/α,β-unsaturated/α-hetero) is 1. The largest absolute Gasteiger partial charge is 0.298 e. The maximum absolute atomic E-state index is 11.9. The molecular formula is C10H13NO3S2. The van der Waals surface area contributed by atoms with Crippen molar-refractivity contribution in [1.82, 2.24) is 4.98 Å². The summed E-state index contributed by atoms with van der Waals surface area (Å²) in [5, 5.41) is 1.70. The minimum atomic E-state index is -3.20. The van der Waals surface area contributed by atoms with Crippen LogP contribution < -0.4 is 0 Å². The summed E-state index contributed by atoms with van der Waals surface area (Å²) in [6.45, 7) is 0. The third-order valence-corrected chi connectivity index (χ3v) is 5.75. The first kappa shape index (κ1) is 11.7. The number of carbonyl (C=O) groups is 1. The highest BCUT2D eigenvalue weighted by molar-refractivity contribution is 7.92. The molecule has 16 heavy (non-hydrogen) atoms. The zero-order valence-electron chi connectivity index (χ0n) is 8.76. The van der Waals surface area contributed by atoms with Crippen LogP contribution in [0.15, 0.2) is 11.6 Å². The number of thiazole rings is 1. The molecular weight excluding hydrogens is 246 g/mol. The van der Waals surface area contributed by atoms with Gasteiger partial charge in [-0.15, -0.1) is 11.3 Å². The van der Waals surface area contributed by atoms with E-state index in [1.165, 1.54) is 11.3 Å². The van der Waals surface area contributed by atoms with E-state index >= 15 is 0 Å². The first-order valence-electron chi connectivity index (χ1n) is 5.22. The Morgan fingerprint density at radius 3 is 2.94 bits per heavy atom. The van der Waals surface area contributed by atoms with E-state index in [1.807, 2.05) is 0 Å². The predicted octanol–water partition coefficient (Wildman–Crippen LogP) is 1.22. The Hall–Kier alpha value is -0.750. The van der Waals surface area contributed by atoms with Crippen LogP contribution in [0.25, 0.3) is 0 Å². The standard InChI is InChI=1S/C10H13NO3S2/c12-8(7-10-11-4-5-15-10)9-3-1-2-6-16(9,13)14/h4-5,9H,1-3,6-7H2. The van der Waals surface area contributed by atoms with Crippen LogP contribution in [0.4, 0.5) is 0 Å². The number of carbonyl (C=O) groups excluding carboxylic acids is 1. The normalized spacial score (nSPS) is 24.1.